The summed E-state index contributed by atoms with van der Waals surface area (Å²) in [4.78, 5) is 4.87. The van der Waals surface area contributed by atoms with Crippen molar-refractivity contribution in [3.05, 3.63) is 447 Å². The Labute approximate surface area is 718 Å². The molecule has 19 aromatic carbocycles. The van der Waals surface area contributed by atoms with Gasteiger partial charge in [0.25, 0.3) is 0 Å². The van der Waals surface area contributed by atoms with E-state index in [1.807, 2.05) is 24.3 Å². The molecule has 0 unspecified atom stereocenters. The van der Waals surface area contributed by atoms with Gasteiger partial charge in [0.05, 0.1) is 33.4 Å². The number of benzene rings is 19. The highest BCUT2D eigenvalue weighted by Gasteiger charge is 2.39. The summed E-state index contributed by atoms with van der Waals surface area (Å²) in [5.74, 6) is 0. The second-order valence-electron chi connectivity index (χ2n) is 34.3. The van der Waals surface area contributed by atoms with Crippen molar-refractivity contribution >= 4 is 132 Å². The Balaban J connectivity index is 0.000000140. The largest absolute Gasteiger partial charge is 0.456 e. The Morgan fingerprint density at radius 2 is 0.508 bits per heavy atom. The summed E-state index contributed by atoms with van der Waals surface area (Å²) in [5, 5.41) is 11.9. The lowest BCUT2D eigenvalue weighted by atomic mass is 9.81. The van der Waals surface area contributed by atoms with E-state index in [-0.39, 0.29) is 10.8 Å². The van der Waals surface area contributed by atoms with Crippen LogP contribution in [0.15, 0.2) is 433 Å². The van der Waals surface area contributed by atoms with E-state index in [1.54, 1.807) is 0 Å². The molecule has 0 N–H and O–H groups in total. The van der Waals surface area contributed by atoms with E-state index in [2.05, 4.69) is 447 Å². The Morgan fingerprint density at radius 1 is 0.202 bits per heavy atom. The SMILES string of the molecule is CC1(C)c2cc(-c3ccccc3)ccc2-c2ccc(N(c3ccc(-c4ccc5oc6ccccc6c5c4)cc3)c3ccc(-n4c5ccccc5c5ccccc54)c4ccccc34)cc21.CC1(C)c2cc(-c3ccccc3)ccc2-c2ccc(N(c3ccc(-c4ccc5oc6ccccc6c5c4)cc3)c3ccc(-n4c5ccccc5c5ccccc54)cc3)cc21. The van der Waals surface area contributed by atoms with Crippen LogP contribution in [0.4, 0.5) is 34.1 Å². The molecule has 6 heteroatoms. The molecule has 25 rings (SSSR count). The Kier molecular flexibility index (Phi) is 16.6. The van der Waals surface area contributed by atoms with E-state index in [9.17, 15) is 0 Å². The lowest BCUT2D eigenvalue weighted by Crippen LogP contribution is -2.17. The van der Waals surface area contributed by atoms with Crippen LogP contribution in [0.3, 0.4) is 0 Å². The molecule has 586 valence electrons. The predicted octanol–water partition coefficient (Wildman–Crippen LogP) is 32.7. The van der Waals surface area contributed by atoms with Gasteiger partial charge >= 0.3 is 0 Å². The van der Waals surface area contributed by atoms with Crippen LogP contribution in [0.2, 0.25) is 0 Å². The zero-order valence-electron chi connectivity index (χ0n) is 69.0. The molecule has 2 aliphatic carbocycles. The molecule has 0 atom stereocenters. The monoisotopic (exact) mass is 1590 g/mol. The zero-order valence-corrected chi connectivity index (χ0v) is 69.0. The number of anilines is 6. The summed E-state index contributed by atoms with van der Waals surface area (Å²) >= 11 is 0. The van der Waals surface area contributed by atoms with Crippen LogP contribution < -0.4 is 9.80 Å². The summed E-state index contributed by atoms with van der Waals surface area (Å²) in [7, 11) is 0. The van der Waals surface area contributed by atoms with E-state index in [4.69, 9.17) is 8.83 Å². The third-order valence-electron chi connectivity index (χ3n) is 26.6. The summed E-state index contributed by atoms with van der Waals surface area (Å²) in [6.07, 6.45) is 0. The highest BCUT2D eigenvalue weighted by Crippen LogP contribution is 2.55. The van der Waals surface area contributed by atoms with Crippen molar-refractivity contribution in [1.29, 1.82) is 0 Å². The molecule has 0 saturated heterocycles. The maximum Gasteiger partial charge on any atom is 0.135 e. The van der Waals surface area contributed by atoms with Gasteiger partial charge in [-0.2, -0.15) is 0 Å². The maximum absolute atomic E-state index is 6.19. The summed E-state index contributed by atoms with van der Waals surface area (Å²) in [6, 6.07) is 155. The van der Waals surface area contributed by atoms with Crippen LogP contribution in [-0.2, 0) is 10.8 Å². The number of hydrogen-bond acceptors (Lipinski definition) is 4. The Morgan fingerprint density at radius 3 is 0.960 bits per heavy atom. The molecule has 0 saturated carbocycles. The highest BCUT2D eigenvalue weighted by molar-refractivity contribution is 6.14. The zero-order chi connectivity index (χ0) is 82.5. The van der Waals surface area contributed by atoms with E-state index in [1.165, 1.54) is 121 Å². The number of rotatable bonds is 12. The smallest absolute Gasteiger partial charge is 0.135 e. The highest BCUT2D eigenvalue weighted by atomic mass is 16.3. The fourth-order valence-corrected chi connectivity index (χ4v) is 20.4. The minimum Gasteiger partial charge on any atom is -0.456 e. The average molecular weight is 1590 g/mol. The Bertz CT molecular complexity index is 8120. The minimum atomic E-state index is -0.209. The minimum absolute atomic E-state index is 0.183. The molecule has 0 spiro atoms. The van der Waals surface area contributed by atoms with Crippen molar-refractivity contribution in [1.82, 2.24) is 9.13 Å². The number of fused-ring (bicyclic) bond motifs is 19. The molecule has 4 aromatic heterocycles. The topological polar surface area (TPSA) is 42.6 Å². The molecule has 0 aliphatic heterocycles. The van der Waals surface area contributed by atoms with Crippen LogP contribution in [-0.4, -0.2) is 9.13 Å². The molecule has 0 amide bonds. The van der Waals surface area contributed by atoms with Crippen LogP contribution in [0.25, 0.3) is 176 Å². The third kappa shape index (κ3) is 11.6. The van der Waals surface area contributed by atoms with Gasteiger partial charge in [0.1, 0.15) is 22.3 Å². The molecule has 6 nitrogen and oxygen atoms in total. The fraction of sp³-hybridized carbons (Fsp3) is 0.0508. The van der Waals surface area contributed by atoms with Crippen LogP contribution in [0, 0.1) is 0 Å². The van der Waals surface area contributed by atoms with Crippen molar-refractivity contribution < 1.29 is 8.83 Å². The predicted molar refractivity (Wildman–Crippen MR) is 520 cm³/mol. The summed E-state index contributed by atoms with van der Waals surface area (Å²) in [5.41, 5.74) is 37.2. The first-order valence-corrected chi connectivity index (χ1v) is 42.9. The normalized spacial score (nSPS) is 13.0. The van der Waals surface area contributed by atoms with Gasteiger partial charge in [0, 0.05) is 98.8 Å². The molecule has 124 heavy (non-hydrogen) atoms. The van der Waals surface area contributed by atoms with Crippen LogP contribution >= 0.6 is 0 Å². The lowest BCUT2D eigenvalue weighted by molar-refractivity contribution is 0.660. The standard InChI is InChI=1S/C61H42N2O.C57H40N2O/c1-61(2)53-37-42(39-14-4-3-5-15-39)26-31-45(53)46-32-30-44(38-54(46)61)62(43-28-24-40(25-29-43)41-27-35-60-52(36-41)51-20-10-13-23-59(51)64-60)57-33-34-58(50-17-7-6-16-49(50)57)63-55-21-11-8-18-47(55)48-19-9-12-22-56(48)63;1-57(2)51-35-40(37-12-4-3-5-13-37)22-31-45(51)46-32-30-44(36-52(46)57)58(41-24-20-38(21-25-41)39-23-33-56-50(34-39)49-16-8-11-19-55(49)60-56)42-26-28-43(29-27-42)59-53-17-9-6-14-47(53)48-15-7-10-18-54(48)59/h3-38H,1-2H3;3-36H,1-2H3. The van der Waals surface area contributed by atoms with E-state index in [0.29, 0.717) is 0 Å². The average Bonchev–Trinajstić information content (AvgIpc) is 1.55. The van der Waals surface area contributed by atoms with Gasteiger partial charge in [-0.15, -0.1) is 0 Å². The second kappa shape index (κ2) is 28.5. The number of para-hydroxylation sites is 6. The van der Waals surface area contributed by atoms with Crippen molar-refractivity contribution in [2.45, 2.75) is 38.5 Å². The summed E-state index contributed by atoms with van der Waals surface area (Å²) in [6.45, 7) is 9.50. The van der Waals surface area contributed by atoms with Gasteiger partial charge in [-0.1, -0.05) is 295 Å². The fourth-order valence-electron chi connectivity index (χ4n) is 20.4. The van der Waals surface area contributed by atoms with Crippen LogP contribution in [0.5, 0.6) is 0 Å². The van der Waals surface area contributed by atoms with Crippen molar-refractivity contribution in [2.75, 3.05) is 9.80 Å². The molecule has 0 bridgehead atoms. The number of aromatic nitrogens is 2. The van der Waals surface area contributed by atoms with Crippen molar-refractivity contribution in [3.63, 3.8) is 0 Å². The number of nitrogens with zero attached hydrogens (tertiary/aromatic N) is 4. The van der Waals surface area contributed by atoms with Gasteiger partial charge in [-0.3, -0.25) is 0 Å². The lowest BCUT2D eigenvalue weighted by Gasteiger charge is -2.30. The third-order valence-corrected chi connectivity index (χ3v) is 26.6. The first-order valence-electron chi connectivity index (χ1n) is 42.9. The van der Waals surface area contributed by atoms with Crippen molar-refractivity contribution in [3.8, 4) is 78.1 Å². The Hall–Kier alpha value is -15.8. The van der Waals surface area contributed by atoms with Gasteiger partial charge in [0.2, 0.25) is 0 Å². The van der Waals surface area contributed by atoms with E-state index >= 15 is 0 Å². The van der Waals surface area contributed by atoms with Gasteiger partial charge < -0.3 is 27.8 Å². The van der Waals surface area contributed by atoms with Gasteiger partial charge in [-0.25, -0.2) is 0 Å². The molecule has 0 fully saturated rings. The molecule has 2 aliphatic rings. The number of hydrogen-bond donors (Lipinski definition) is 0. The maximum atomic E-state index is 6.19. The second-order valence-corrected chi connectivity index (χ2v) is 34.3. The first-order chi connectivity index (χ1) is 61.0. The number of furan rings is 2. The van der Waals surface area contributed by atoms with Gasteiger partial charge in [0.15, 0.2) is 0 Å². The molecule has 23 aromatic rings. The first kappa shape index (κ1) is 72.3. The van der Waals surface area contributed by atoms with E-state index in [0.717, 1.165) is 112 Å². The molecule has 0 radical (unpaired) electrons. The molecular weight excluding hydrogens is 1510 g/mol. The molecule has 4 heterocycles. The quantitative estimate of drug-likeness (QED) is 0.122. The summed E-state index contributed by atoms with van der Waals surface area (Å²) < 4.78 is 17.2. The molecular formula is C118H82N4O2. The van der Waals surface area contributed by atoms with E-state index < -0.39 is 0 Å². The van der Waals surface area contributed by atoms with Gasteiger partial charge in [-0.05, 0) is 247 Å². The van der Waals surface area contributed by atoms with Crippen molar-refractivity contribution in [2.24, 2.45) is 0 Å². The van der Waals surface area contributed by atoms with Crippen LogP contribution in [0.1, 0.15) is 49.9 Å².